The molecular formula is C16H21N3O2. The van der Waals surface area contributed by atoms with Crippen molar-refractivity contribution in [3.8, 4) is 0 Å². The van der Waals surface area contributed by atoms with Crippen LogP contribution in [-0.2, 0) is 4.79 Å². The van der Waals surface area contributed by atoms with Crippen molar-refractivity contribution in [1.29, 1.82) is 0 Å². The van der Waals surface area contributed by atoms with Gasteiger partial charge < -0.3 is 15.2 Å². The number of likely N-dealkylation sites (N-methyl/N-ethyl adjacent to an activating group) is 1. The Morgan fingerprint density at radius 1 is 1.24 bits per heavy atom. The molecule has 1 aromatic heterocycles. The molecule has 2 rings (SSSR count). The van der Waals surface area contributed by atoms with Gasteiger partial charge in [-0.25, -0.2) is 0 Å². The summed E-state index contributed by atoms with van der Waals surface area (Å²) in [6.45, 7) is 5.76. The minimum Gasteiger partial charge on any atom is -0.360 e. The molecular weight excluding hydrogens is 266 g/mol. The number of hydrogen-bond acceptors (Lipinski definition) is 2. The summed E-state index contributed by atoms with van der Waals surface area (Å²) in [5, 5.41) is 3.71. The highest BCUT2D eigenvalue weighted by Gasteiger charge is 2.20. The van der Waals surface area contributed by atoms with Crippen molar-refractivity contribution in [3.05, 3.63) is 36.0 Å². The molecule has 0 radical (unpaired) electrons. The Labute approximate surface area is 124 Å². The molecule has 2 aromatic rings. The van der Waals surface area contributed by atoms with Crippen LogP contribution in [0.3, 0.4) is 0 Å². The predicted octanol–water partition coefficient (Wildman–Crippen LogP) is 2.15. The Balaban J connectivity index is 2.11. The summed E-state index contributed by atoms with van der Waals surface area (Å²) < 4.78 is 0. The van der Waals surface area contributed by atoms with Gasteiger partial charge >= 0.3 is 0 Å². The standard InChI is InChI=1S/C16H21N3O2/c1-16(2,3)18-14(20)10-19(4)15(21)12-9-17-13-8-6-5-7-11(12)13/h5-9,17H,10H2,1-4H3,(H,18,20). The van der Waals surface area contributed by atoms with Crippen LogP contribution in [0.1, 0.15) is 31.1 Å². The molecule has 1 heterocycles. The maximum absolute atomic E-state index is 12.4. The third-order valence-corrected chi connectivity index (χ3v) is 3.06. The van der Waals surface area contributed by atoms with Crippen molar-refractivity contribution < 1.29 is 9.59 Å². The lowest BCUT2D eigenvalue weighted by molar-refractivity contribution is -0.122. The fourth-order valence-corrected chi connectivity index (χ4v) is 2.20. The lowest BCUT2D eigenvalue weighted by Crippen LogP contribution is -2.46. The summed E-state index contributed by atoms with van der Waals surface area (Å²) in [6.07, 6.45) is 1.69. The average Bonchev–Trinajstić information content (AvgIpc) is 2.79. The number of fused-ring (bicyclic) bond motifs is 1. The molecule has 0 atom stereocenters. The molecule has 0 spiro atoms. The minimum atomic E-state index is -0.304. The molecule has 0 saturated heterocycles. The van der Waals surface area contributed by atoms with Crippen LogP contribution in [0.25, 0.3) is 10.9 Å². The fourth-order valence-electron chi connectivity index (χ4n) is 2.20. The Morgan fingerprint density at radius 2 is 1.90 bits per heavy atom. The van der Waals surface area contributed by atoms with E-state index >= 15 is 0 Å². The lowest BCUT2D eigenvalue weighted by atomic mass is 10.1. The Hall–Kier alpha value is -2.30. The quantitative estimate of drug-likeness (QED) is 0.908. The molecule has 0 saturated carbocycles. The van der Waals surface area contributed by atoms with E-state index in [4.69, 9.17) is 0 Å². The van der Waals surface area contributed by atoms with E-state index in [1.54, 1.807) is 13.2 Å². The number of aromatic nitrogens is 1. The number of aromatic amines is 1. The summed E-state index contributed by atoms with van der Waals surface area (Å²) in [5.41, 5.74) is 1.19. The van der Waals surface area contributed by atoms with E-state index in [0.29, 0.717) is 5.56 Å². The molecule has 0 aliphatic heterocycles. The van der Waals surface area contributed by atoms with Crippen LogP contribution in [0, 0.1) is 0 Å². The molecule has 2 N–H and O–H groups in total. The van der Waals surface area contributed by atoms with E-state index in [1.807, 2.05) is 45.0 Å². The van der Waals surface area contributed by atoms with E-state index in [0.717, 1.165) is 10.9 Å². The van der Waals surface area contributed by atoms with Crippen molar-refractivity contribution in [3.63, 3.8) is 0 Å². The van der Waals surface area contributed by atoms with Crippen LogP contribution in [0.2, 0.25) is 0 Å². The molecule has 0 fully saturated rings. The van der Waals surface area contributed by atoms with Crippen LogP contribution in [0.5, 0.6) is 0 Å². The first-order chi connectivity index (χ1) is 9.78. The molecule has 5 heteroatoms. The van der Waals surface area contributed by atoms with Crippen LogP contribution < -0.4 is 5.32 Å². The second kappa shape index (κ2) is 5.60. The first-order valence-corrected chi connectivity index (χ1v) is 6.90. The predicted molar refractivity (Wildman–Crippen MR) is 83.2 cm³/mol. The highest BCUT2D eigenvalue weighted by molar-refractivity contribution is 6.07. The van der Waals surface area contributed by atoms with Crippen molar-refractivity contribution in [2.45, 2.75) is 26.3 Å². The van der Waals surface area contributed by atoms with Gasteiger partial charge in [0.15, 0.2) is 0 Å². The zero-order valence-corrected chi connectivity index (χ0v) is 12.9. The molecule has 0 aliphatic rings. The van der Waals surface area contributed by atoms with E-state index < -0.39 is 0 Å². The van der Waals surface area contributed by atoms with Crippen molar-refractivity contribution >= 4 is 22.7 Å². The van der Waals surface area contributed by atoms with Gasteiger partial charge in [-0.1, -0.05) is 18.2 Å². The minimum absolute atomic E-state index is 0.0373. The number of nitrogens with zero attached hydrogens (tertiary/aromatic N) is 1. The fraction of sp³-hybridized carbons (Fsp3) is 0.375. The van der Waals surface area contributed by atoms with E-state index in [1.165, 1.54) is 4.90 Å². The van der Waals surface area contributed by atoms with Crippen molar-refractivity contribution in [2.24, 2.45) is 0 Å². The number of rotatable bonds is 3. The zero-order valence-electron chi connectivity index (χ0n) is 12.9. The first kappa shape index (κ1) is 15.1. The number of carbonyl (C=O) groups is 2. The molecule has 0 bridgehead atoms. The summed E-state index contributed by atoms with van der Waals surface area (Å²) >= 11 is 0. The SMILES string of the molecule is CN(CC(=O)NC(C)(C)C)C(=O)c1c[nH]c2ccccc12. The molecule has 0 unspecified atom stereocenters. The zero-order chi connectivity index (χ0) is 15.6. The molecule has 5 nitrogen and oxygen atoms in total. The average molecular weight is 287 g/mol. The number of amides is 2. The largest absolute Gasteiger partial charge is 0.360 e. The van der Waals surface area contributed by atoms with Crippen molar-refractivity contribution in [2.75, 3.05) is 13.6 Å². The van der Waals surface area contributed by atoms with Crippen molar-refractivity contribution in [1.82, 2.24) is 15.2 Å². The van der Waals surface area contributed by atoms with Crippen LogP contribution >= 0.6 is 0 Å². The van der Waals surface area contributed by atoms with E-state index in [9.17, 15) is 9.59 Å². The van der Waals surface area contributed by atoms with Crippen LogP contribution in [-0.4, -0.2) is 40.8 Å². The Bertz CT molecular complexity index is 667. The van der Waals surface area contributed by atoms with Gasteiger partial charge in [0.25, 0.3) is 5.91 Å². The highest BCUT2D eigenvalue weighted by Crippen LogP contribution is 2.18. The van der Waals surface area contributed by atoms with Gasteiger partial charge in [0, 0.05) is 29.7 Å². The Morgan fingerprint density at radius 3 is 2.57 bits per heavy atom. The second-order valence-electron chi connectivity index (χ2n) is 6.21. The summed E-state index contributed by atoms with van der Waals surface area (Å²) in [4.78, 5) is 28.8. The Kier molecular flexibility index (Phi) is 4.02. The second-order valence-corrected chi connectivity index (χ2v) is 6.21. The number of carbonyl (C=O) groups excluding carboxylic acids is 2. The first-order valence-electron chi connectivity index (χ1n) is 6.90. The molecule has 112 valence electrons. The summed E-state index contributed by atoms with van der Waals surface area (Å²) in [7, 11) is 1.63. The highest BCUT2D eigenvalue weighted by atomic mass is 16.2. The smallest absolute Gasteiger partial charge is 0.256 e. The third kappa shape index (κ3) is 3.62. The maximum Gasteiger partial charge on any atom is 0.256 e. The molecule has 2 amide bonds. The lowest BCUT2D eigenvalue weighted by Gasteiger charge is -2.23. The van der Waals surface area contributed by atoms with Gasteiger partial charge in [-0.2, -0.15) is 0 Å². The molecule has 21 heavy (non-hydrogen) atoms. The van der Waals surface area contributed by atoms with Gasteiger partial charge in [-0.05, 0) is 26.8 Å². The monoisotopic (exact) mass is 287 g/mol. The van der Waals surface area contributed by atoms with Gasteiger partial charge in [-0.15, -0.1) is 0 Å². The summed E-state index contributed by atoms with van der Waals surface area (Å²) in [5.74, 6) is -0.338. The molecule has 1 aromatic carbocycles. The third-order valence-electron chi connectivity index (χ3n) is 3.06. The van der Waals surface area contributed by atoms with Gasteiger partial charge in [0.2, 0.25) is 5.91 Å². The number of para-hydroxylation sites is 1. The maximum atomic E-state index is 12.4. The number of H-pyrrole nitrogens is 1. The molecule has 0 aliphatic carbocycles. The van der Waals surface area contributed by atoms with E-state index in [-0.39, 0.29) is 23.9 Å². The van der Waals surface area contributed by atoms with Gasteiger partial charge in [-0.3, -0.25) is 9.59 Å². The number of hydrogen-bond donors (Lipinski definition) is 2. The number of nitrogens with one attached hydrogen (secondary N) is 2. The normalized spacial score (nSPS) is 11.4. The van der Waals surface area contributed by atoms with Crippen LogP contribution in [0.15, 0.2) is 30.5 Å². The summed E-state index contributed by atoms with van der Waals surface area (Å²) in [6, 6.07) is 7.60. The van der Waals surface area contributed by atoms with Gasteiger partial charge in [0.05, 0.1) is 12.1 Å². The van der Waals surface area contributed by atoms with Gasteiger partial charge in [0.1, 0.15) is 0 Å². The van der Waals surface area contributed by atoms with E-state index in [2.05, 4.69) is 10.3 Å². The topological polar surface area (TPSA) is 65.2 Å². The number of benzene rings is 1. The van der Waals surface area contributed by atoms with Crippen LogP contribution in [0.4, 0.5) is 0 Å².